The highest BCUT2D eigenvalue weighted by atomic mass is 16.6. The molecule has 0 aliphatic carbocycles. The fraction of sp³-hybridized carbons (Fsp3) is 0.821. The number of ether oxygens (including phenoxy) is 10. The number of aliphatic hydroxyl groups is 8. The van der Waals surface area contributed by atoms with Gasteiger partial charge in [0.1, 0.15) is 12.2 Å². The normalized spacial score (nSPS) is 41.1. The van der Waals surface area contributed by atoms with Crippen molar-refractivity contribution in [1.82, 2.24) is 0 Å². The summed E-state index contributed by atoms with van der Waals surface area (Å²) in [6.07, 6.45) is 14.1. The average molecular weight is 1390 g/mol. The zero-order valence-corrected chi connectivity index (χ0v) is 62.3. The summed E-state index contributed by atoms with van der Waals surface area (Å²) in [7, 11) is 6.58. The molecule has 5 heterocycles. The standard InChI is InChI=1S/C78H132O20/c1-45-23-29-57(79)37-59-19-17-21-61(95-59)41-71(91-15)52(8)68(82)44-70(84)54(10)78(56(12)76(88)48(4)28-32-64-40-66(90-14)36-50(6)94-64)98-74(86)34-26-46(2)24-30-58(80)38-60-20-18-22-62(96-60)42-72(92-16)51(7)67(81)43-69(83)53(9)77(97-73(85)33-25-45)55(11)75(87)47(3)27-31-63-39-65(89-13)35-49(5)93-63/h17-20,23-26,33-34,47-72,75-84,87-88H,21-22,27-32,35-44H2,1-16H3/b33-25-,34-26+,45-23+,46-24+/t47-,48-,49-,50-,51-,52-,53-,54-,55-,56-,57-,58-,59-,60-,61?,62?,63-,64-,65+,66+,67-,68-,69+,70+,71-,72-,75-,76-,77?,78?/m0/s1. The molecule has 0 spiro atoms. The molecule has 4 bridgehead atoms. The predicted molar refractivity (Wildman–Crippen MR) is 377 cm³/mol. The molecule has 5 rings (SSSR count). The monoisotopic (exact) mass is 1390 g/mol. The molecule has 4 unspecified atom stereocenters. The molecule has 5 aliphatic heterocycles. The van der Waals surface area contributed by atoms with Crippen LogP contribution < -0.4 is 0 Å². The molecule has 8 N–H and O–H groups in total. The molecule has 20 nitrogen and oxygen atoms in total. The van der Waals surface area contributed by atoms with Crippen molar-refractivity contribution < 1.29 is 97.8 Å². The summed E-state index contributed by atoms with van der Waals surface area (Å²) in [6, 6.07) is 0. The van der Waals surface area contributed by atoms with Crippen LogP contribution in [0.3, 0.4) is 0 Å². The Kier molecular flexibility index (Phi) is 37.6. The largest absolute Gasteiger partial charge is 0.458 e. The quantitative estimate of drug-likeness (QED) is 0.0527. The second-order valence-corrected chi connectivity index (χ2v) is 30.3. The Morgan fingerprint density at radius 2 is 0.806 bits per heavy atom. The fourth-order valence-electron chi connectivity index (χ4n) is 15.3. The molecule has 20 heteroatoms. The number of hydrogen-bond acceptors (Lipinski definition) is 20. The number of allylic oxidation sites excluding steroid dienone is 4. The molecule has 5 aliphatic rings. The minimum absolute atomic E-state index is 0.0293. The topological polar surface area (TPSA) is 288 Å². The number of carbonyl (C=O) groups excluding carboxylic acids is 2. The first-order chi connectivity index (χ1) is 46.4. The van der Waals surface area contributed by atoms with Gasteiger partial charge in [0, 0.05) is 102 Å². The van der Waals surface area contributed by atoms with Crippen LogP contribution in [0.1, 0.15) is 199 Å². The van der Waals surface area contributed by atoms with Crippen LogP contribution >= 0.6 is 0 Å². The van der Waals surface area contributed by atoms with E-state index in [4.69, 9.17) is 47.4 Å². The first kappa shape index (κ1) is 85.4. The zero-order valence-electron chi connectivity index (χ0n) is 62.3. The minimum Gasteiger partial charge on any atom is -0.458 e. The van der Waals surface area contributed by atoms with Crippen LogP contribution in [-0.4, -0.2) is 216 Å². The van der Waals surface area contributed by atoms with Crippen LogP contribution in [-0.2, 0) is 57.0 Å². The van der Waals surface area contributed by atoms with Gasteiger partial charge in [0.15, 0.2) is 0 Å². The number of hydrogen-bond donors (Lipinski definition) is 8. The van der Waals surface area contributed by atoms with Gasteiger partial charge in [0.25, 0.3) is 0 Å². The van der Waals surface area contributed by atoms with Crippen molar-refractivity contribution in [3.05, 3.63) is 71.9 Å². The van der Waals surface area contributed by atoms with Gasteiger partial charge in [0.05, 0.1) is 122 Å². The van der Waals surface area contributed by atoms with Crippen LogP contribution in [0.2, 0.25) is 0 Å². The Bertz CT molecular complexity index is 2320. The molecule has 0 aromatic heterocycles. The van der Waals surface area contributed by atoms with Gasteiger partial charge < -0.3 is 88.2 Å². The van der Waals surface area contributed by atoms with E-state index in [0.717, 1.165) is 25.7 Å². The van der Waals surface area contributed by atoms with E-state index >= 15 is 0 Å². The van der Waals surface area contributed by atoms with Gasteiger partial charge in [-0.05, 0) is 129 Å². The number of cyclic esters (lactones) is 2. The van der Waals surface area contributed by atoms with Crippen molar-refractivity contribution in [2.45, 2.75) is 333 Å². The van der Waals surface area contributed by atoms with Crippen molar-refractivity contribution in [1.29, 1.82) is 0 Å². The van der Waals surface area contributed by atoms with E-state index in [0.29, 0.717) is 62.5 Å². The lowest BCUT2D eigenvalue weighted by Gasteiger charge is -2.38. The van der Waals surface area contributed by atoms with Crippen molar-refractivity contribution in [3.8, 4) is 0 Å². The number of fused-ring (bicyclic) bond motifs is 4. The van der Waals surface area contributed by atoms with Gasteiger partial charge >= 0.3 is 11.9 Å². The number of carbonyl (C=O) groups is 2. The Hall–Kier alpha value is -3.26. The first-order valence-corrected chi connectivity index (χ1v) is 37.1. The molecule has 0 saturated carbocycles. The van der Waals surface area contributed by atoms with E-state index in [2.05, 4.69) is 0 Å². The third-order valence-corrected chi connectivity index (χ3v) is 22.3. The van der Waals surface area contributed by atoms with Crippen LogP contribution in [0.25, 0.3) is 0 Å². The molecule has 564 valence electrons. The molecule has 0 radical (unpaired) electrons. The summed E-state index contributed by atoms with van der Waals surface area (Å²) in [6.45, 7) is 22.5. The summed E-state index contributed by atoms with van der Waals surface area (Å²) in [5, 5.41) is 94.4. The molecule has 0 aromatic carbocycles. The maximum Gasteiger partial charge on any atom is 0.331 e. The Morgan fingerprint density at radius 3 is 1.15 bits per heavy atom. The van der Waals surface area contributed by atoms with Crippen LogP contribution in [0, 0.1) is 47.3 Å². The molecule has 2 saturated heterocycles. The lowest BCUT2D eigenvalue weighted by molar-refractivity contribution is -0.158. The van der Waals surface area contributed by atoms with Crippen molar-refractivity contribution >= 4 is 11.9 Å². The third-order valence-electron chi connectivity index (χ3n) is 22.3. The van der Waals surface area contributed by atoms with E-state index in [1.165, 1.54) is 12.2 Å². The van der Waals surface area contributed by atoms with E-state index < -0.39 is 133 Å². The van der Waals surface area contributed by atoms with Gasteiger partial charge in [-0.25, -0.2) is 9.59 Å². The maximum absolute atomic E-state index is 13.9. The number of rotatable bonds is 16. The summed E-state index contributed by atoms with van der Waals surface area (Å²) in [5.41, 5.74) is 1.39. The molecular weight excluding hydrogens is 1260 g/mol. The van der Waals surface area contributed by atoms with Crippen molar-refractivity contribution in [2.75, 3.05) is 28.4 Å². The first-order valence-electron chi connectivity index (χ1n) is 37.1. The number of esters is 2. The smallest absolute Gasteiger partial charge is 0.331 e. The van der Waals surface area contributed by atoms with E-state index in [1.54, 1.807) is 54.4 Å². The zero-order chi connectivity index (χ0) is 72.5. The van der Waals surface area contributed by atoms with Gasteiger partial charge in [-0.3, -0.25) is 0 Å². The Balaban J connectivity index is 1.36. The summed E-state index contributed by atoms with van der Waals surface area (Å²) in [4.78, 5) is 27.8. The highest BCUT2D eigenvalue weighted by Crippen LogP contribution is 2.37. The SMILES string of the molecule is CO[C@H]1C[C@H](CC[C@H](C)[C@H](O)[C@H](C)C2OC(=O)/C=C\C(C)=C\C[C@H](O)C[C@@H]3C=CCC(C[C@H](OC)[C@@H](C)[C@@H](O)C[C@@H](O)[C@H](C)C([C@@H](C)[C@@H](O)[C@@H](C)CC[C@H]4C[C@H](OC)C[C@H](C)O4)OC(=O)/C=C/C(C)=C/C[C@H](O)C[C@@H]4C=CCC(C[C@H](OC)[C@@H](C)[C@@H](O)C[C@@H](O)[C@@H]2C)O4)O3)O[C@@H](C)C1. The molecule has 30 atom stereocenters. The van der Waals surface area contributed by atoms with Gasteiger partial charge in [-0.2, -0.15) is 0 Å². The third kappa shape index (κ3) is 28.1. The highest BCUT2D eigenvalue weighted by molar-refractivity contribution is 5.83. The van der Waals surface area contributed by atoms with E-state index in [-0.39, 0.29) is 99.2 Å². The fourth-order valence-corrected chi connectivity index (χ4v) is 15.3. The second kappa shape index (κ2) is 43.1. The van der Waals surface area contributed by atoms with Crippen LogP contribution in [0.15, 0.2) is 71.9 Å². The average Bonchev–Trinajstić information content (AvgIpc) is 0.853. The number of aliphatic hydroxyl groups excluding tert-OH is 8. The highest BCUT2D eigenvalue weighted by Gasteiger charge is 2.42. The number of methoxy groups -OCH3 is 4. The maximum atomic E-state index is 13.9. The van der Waals surface area contributed by atoms with Crippen molar-refractivity contribution in [3.63, 3.8) is 0 Å². The molecule has 2 fully saturated rings. The molecule has 98 heavy (non-hydrogen) atoms. The van der Waals surface area contributed by atoms with Gasteiger partial charge in [-0.15, -0.1) is 0 Å². The minimum atomic E-state index is -1.16. The predicted octanol–water partition coefficient (Wildman–Crippen LogP) is 10.1. The molecule has 0 aromatic rings. The van der Waals surface area contributed by atoms with Crippen LogP contribution in [0.4, 0.5) is 0 Å². The van der Waals surface area contributed by atoms with Gasteiger partial charge in [-0.1, -0.05) is 115 Å². The van der Waals surface area contributed by atoms with E-state index in [1.807, 2.05) is 106 Å². The Morgan fingerprint density at radius 1 is 0.449 bits per heavy atom. The summed E-state index contributed by atoms with van der Waals surface area (Å²) in [5.74, 6) is -5.50. The van der Waals surface area contributed by atoms with Crippen LogP contribution in [0.5, 0.6) is 0 Å². The summed E-state index contributed by atoms with van der Waals surface area (Å²) < 4.78 is 61.3. The lowest BCUT2D eigenvalue weighted by Crippen LogP contribution is -2.45. The Labute approximate surface area is 587 Å². The second-order valence-electron chi connectivity index (χ2n) is 30.3. The summed E-state index contributed by atoms with van der Waals surface area (Å²) >= 11 is 0. The van der Waals surface area contributed by atoms with E-state index in [9.17, 15) is 50.4 Å². The van der Waals surface area contributed by atoms with Gasteiger partial charge in [0.2, 0.25) is 0 Å². The molecule has 0 amide bonds. The lowest BCUT2D eigenvalue weighted by atomic mass is 9.78. The van der Waals surface area contributed by atoms with Crippen molar-refractivity contribution in [2.24, 2.45) is 47.3 Å². The molecular formula is C78H132O20.